The van der Waals surface area contributed by atoms with Crippen molar-refractivity contribution in [3.05, 3.63) is 12.0 Å². The zero-order valence-electron chi connectivity index (χ0n) is 4.59. The van der Waals surface area contributed by atoms with Crippen molar-refractivity contribution in [3.63, 3.8) is 0 Å². The van der Waals surface area contributed by atoms with Gasteiger partial charge in [-0.05, 0) is 0 Å². The summed E-state index contributed by atoms with van der Waals surface area (Å²) in [5.41, 5.74) is 0. The van der Waals surface area contributed by atoms with Gasteiger partial charge >= 0.3 is 0 Å². The molecular formula is C5H5BrO3. The van der Waals surface area contributed by atoms with Crippen molar-refractivity contribution in [3.8, 4) is 0 Å². The highest BCUT2D eigenvalue weighted by atomic mass is 79.9. The predicted molar refractivity (Wildman–Crippen MR) is 33.9 cm³/mol. The number of carbonyl (C=O) groups is 1. The molecule has 0 radical (unpaired) electrons. The number of carbonyl (C=O) groups excluding carboxylic acids is 1. The zero-order chi connectivity index (χ0) is 6.69. The second-order valence-corrected chi connectivity index (χ2v) is 2.03. The molecule has 0 bridgehead atoms. The minimum atomic E-state index is -0.0903. The molecule has 4 heteroatoms. The summed E-state index contributed by atoms with van der Waals surface area (Å²) < 4.78 is 9.42. The lowest BCUT2D eigenvalue weighted by molar-refractivity contribution is -0.116. The molecule has 0 saturated carbocycles. The van der Waals surface area contributed by atoms with Gasteiger partial charge in [-0.3, -0.25) is 4.79 Å². The second kappa shape index (κ2) is 2.87. The van der Waals surface area contributed by atoms with Crippen LogP contribution in [-0.2, 0) is 14.3 Å². The van der Waals surface area contributed by atoms with Crippen molar-refractivity contribution < 1.29 is 14.3 Å². The number of halogens is 1. The lowest BCUT2D eigenvalue weighted by Gasteiger charge is -1.93. The van der Waals surface area contributed by atoms with Gasteiger partial charge in [0.15, 0.2) is 0 Å². The lowest BCUT2D eigenvalue weighted by atomic mass is 10.4. The van der Waals surface area contributed by atoms with E-state index in [0.29, 0.717) is 5.76 Å². The molecule has 3 nitrogen and oxygen atoms in total. The first-order chi connectivity index (χ1) is 4.34. The van der Waals surface area contributed by atoms with E-state index in [1.165, 1.54) is 6.26 Å². The summed E-state index contributed by atoms with van der Waals surface area (Å²) >= 11 is 3.00. The Bertz CT molecular complexity index is 152. The molecule has 0 amide bonds. The molecule has 0 aromatic carbocycles. The quantitative estimate of drug-likeness (QED) is 0.608. The molecule has 0 N–H and O–H groups in total. The Kier molecular flexibility index (Phi) is 2.10. The van der Waals surface area contributed by atoms with Crippen LogP contribution in [0, 0.1) is 0 Å². The Morgan fingerprint density at radius 2 is 2.67 bits per heavy atom. The minimum Gasteiger partial charge on any atom is -0.461 e. The molecule has 0 unspecified atom stereocenters. The van der Waals surface area contributed by atoms with E-state index in [4.69, 9.17) is 4.74 Å². The Balaban J connectivity index is 2.51. The van der Waals surface area contributed by atoms with Crippen molar-refractivity contribution in [1.29, 1.82) is 0 Å². The number of alkyl halides is 1. The van der Waals surface area contributed by atoms with Crippen LogP contribution in [0.3, 0.4) is 0 Å². The lowest BCUT2D eigenvalue weighted by Crippen LogP contribution is -2.03. The fourth-order valence-electron chi connectivity index (χ4n) is 0.453. The maximum absolute atomic E-state index is 10.7. The van der Waals surface area contributed by atoms with Crippen LogP contribution < -0.4 is 0 Å². The van der Waals surface area contributed by atoms with Gasteiger partial charge in [-0.1, -0.05) is 15.9 Å². The standard InChI is InChI=1S/C5H5BrO3/c6-1-4(7)5-2-8-3-9-5/h2H,1,3H2. The fourth-order valence-corrected chi connectivity index (χ4v) is 0.730. The topological polar surface area (TPSA) is 35.5 Å². The van der Waals surface area contributed by atoms with Gasteiger partial charge in [0.25, 0.3) is 0 Å². The van der Waals surface area contributed by atoms with Crippen LogP contribution in [0.2, 0.25) is 0 Å². The van der Waals surface area contributed by atoms with Crippen LogP contribution in [0.15, 0.2) is 12.0 Å². The number of ether oxygens (including phenoxy) is 2. The van der Waals surface area contributed by atoms with Gasteiger partial charge < -0.3 is 9.47 Å². The zero-order valence-corrected chi connectivity index (χ0v) is 6.18. The van der Waals surface area contributed by atoms with Crippen LogP contribution >= 0.6 is 15.9 Å². The van der Waals surface area contributed by atoms with E-state index in [1.54, 1.807) is 0 Å². The van der Waals surface area contributed by atoms with Crippen LogP contribution in [0.4, 0.5) is 0 Å². The van der Waals surface area contributed by atoms with Crippen LogP contribution in [-0.4, -0.2) is 17.9 Å². The maximum atomic E-state index is 10.7. The molecule has 1 aliphatic heterocycles. The highest BCUT2D eigenvalue weighted by Crippen LogP contribution is 2.08. The van der Waals surface area contributed by atoms with Crippen LogP contribution in [0.25, 0.3) is 0 Å². The molecule has 1 aliphatic rings. The van der Waals surface area contributed by atoms with E-state index in [1.807, 2.05) is 0 Å². The number of hydrogen-bond donors (Lipinski definition) is 0. The Hall–Kier alpha value is -0.510. The van der Waals surface area contributed by atoms with E-state index in [9.17, 15) is 4.79 Å². The van der Waals surface area contributed by atoms with Crippen molar-refractivity contribution in [2.75, 3.05) is 12.1 Å². The summed E-state index contributed by atoms with van der Waals surface area (Å²) in [5, 5.41) is 0.280. The molecule has 0 aliphatic carbocycles. The first-order valence-electron chi connectivity index (χ1n) is 2.38. The number of allylic oxidation sites excluding steroid dienone is 1. The highest BCUT2D eigenvalue weighted by Gasteiger charge is 2.13. The van der Waals surface area contributed by atoms with Crippen LogP contribution in [0.1, 0.15) is 0 Å². The van der Waals surface area contributed by atoms with Gasteiger partial charge in [0, 0.05) is 0 Å². The van der Waals surface area contributed by atoms with Crippen molar-refractivity contribution in [1.82, 2.24) is 0 Å². The third-order valence-corrected chi connectivity index (χ3v) is 1.38. The molecular weight excluding hydrogens is 188 g/mol. The molecule has 0 aromatic rings. The van der Waals surface area contributed by atoms with E-state index in [2.05, 4.69) is 20.7 Å². The summed E-state index contributed by atoms with van der Waals surface area (Å²) in [4.78, 5) is 10.7. The number of ketones is 1. The molecule has 9 heavy (non-hydrogen) atoms. The van der Waals surface area contributed by atoms with E-state index < -0.39 is 0 Å². The highest BCUT2D eigenvalue weighted by molar-refractivity contribution is 9.09. The van der Waals surface area contributed by atoms with E-state index in [0.717, 1.165) is 0 Å². The monoisotopic (exact) mass is 192 g/mol. The summed E-state index contributed by atoms with van der Waals surface area (Å²) in [5.74, 6) is 0.208. The van der Waals surface area contributed by atoms with Crippen molar-refractivity contribution in [2.45, 2.75) is 0 Å². The largest absolute Gasteiger partial charge is 0.461 e. The number of hydrogen-bond acceptors (Lipinski definition) is 3. The summed E-state index contributed by atoms with van der Waals surface area (Å²) in [6.07, 6.45) is 1.32. The third-order valence-electron chi connectivity index (χ3n) is 0.869. The Labute approximate surface area is 60.8 Å². The summed E-state index contributed by atoms with van der Waals surface area (Å²) in [7, 11) is 0. The number of rotatable bonds is 2. The molecule has 0 saturated heterocycles. The second-order valence-electron chi connectivity index (χ2n) is 1.47. The predicted octanol–water partition coefficient (Wildman–Crippen LogP) is 0.796. The number of Topliss-reactive ketones (excluding diaryl/α,β-unsaturated/α-hetero) is 1. The molecule has 1 heterocycles. The van der Waals surface area contributed by atoms with Crippen molar-refractivity contribution >= 4 is 21.7 Å². The SMILES string of the molecule is O=C(CBr)C1=COCO1. The van der Waals surface area contributed by atoms with Gasteiger partial charge in [-0.2, -0.15) is 0 Å². The van der Waals surface area contributed by atoms with E-state index >= 15 is 0 Å². The van der Waals surface area contributed by atoms with Crippen molar-refractivity contribution in [2.24, 2.45) is 0 Å². The average Bonchev–Trinajstić information content (AvgIpc) is 2.37. The molecule has 50 valence electrons. The molecule has 0 atom stereocenters. The van der Waals surface area contributed by atoms with E-state index in [-0.39, 0.29) is 17.9 Å². The van der Waals surface area contributed by atoms with Gasteiger partial charge in [0.05, 0.1) is 5.33 Å². The van der Waals surface area contributed by atoms with Gasteiger partial charge in [0.2, 0.25) is 18.3 Å². The summed E-state index contributed by atoms with van der Waals surface area (Å²) in [6.45, 7) is 0.161. The van der Waals surface area contributed by atoms with Gasteiger partial charge in [-0.15, -0.1) is 0 Å². The van der Waals surface area contributed by atoms with Crippen LogP contribution in [0.5, 0.6) is 0 Å². The Morgan fingerprint density at radius 1 is 1.89 bits per heavy atom. The third kappa shape index (κ3) is 1.45. The molecule has 0 fully saturated rings. The maximum Gasteiger partial charge on any atom is 0.230 e. The normalized spacial score (nSPS) is 15.9. The van der Waals surface area contributed by atoms with Gasteiger partial charge in [-0.25, -0.2) is 0 Å². The first-order valence-corrected chi connectivity index (χ1v) is 3.50. The first kappa shape index (κ1) is 6.61. The molecule has 1 rings (SSSR count). The Morgan fingerprint density at radius 3 is 3.11 bits per heavy atom. The van der Waals surface area contributed by atoms with Gasteiger partial charge in [0.1, 0.15) is 6.26 Å². The minimum absolute atomic E-state index is 0.0903. The average molecular weight is 193 g/mol. The molecule has 0 spiro atoms. The smallest absolute Gasteiger partial charge is 0.230 e. The fraction of sp³-hybridized carbons (Fsp3) is 0.400. The molecule has 0 aromatic heterocycles. The summed E-state index contributed by atoms with van der Waals surface area (Å²) in [6, 6.07) is 0.